The smallest absolute Gasteiger partial charge is 0.336 e. The van der Waals surface area contributed by atoms with Crippen molar-refractivity contribution in [1.82, 2.24) is 9.78 Å². The van der Waals surface area contributed by atoms with E-state index >= 15 is 0 Å². The third-order valence-corrected chi connectivity index (χ3v) is 3.97. The van der Waals surface area contributed by atoms with E-state index in [0.29, 0.717) is 11.5 Å². The average molecular weight is 348 g/mol. The van der Waals surface area contributed by atoms with Crippen molar-refractivity contribution < 1.29 is 14.3 Å². The molecule has 5 heteroatoms. The van der Waals surface area contributed by atoms with Crippen molar-refractivity contribution >= 4 is 12.0 Å². The monoisotopic (exact) mass is 348 g/mol. The normalized spacial score (nSPS) is 10.9. The third kappa shape index (κ3) is 4.19. The van der Waals surface area contributed by atoms with Crippen LogP contribution in [0.3, 0.4) is 0 Å². The number of nitrogens with zero attached hydrogens (tertiary/aromatic N) is 2. The number of hydrogen-bond donors (Lipinski definition) is 0. The second-order valence-electron chi connectivity index (χ2n) is 5.85. The molecule has 132 valence electrons. The van der Waals surface area contributed by atoms with Gasteiger partial charge in [-0.1, -0.05) is 18.2 Å². The van der Waals surface area contributed by atoms with E-state index in [1.165, 1.54) is 6.08 Å². The van der Waals surface area contributed by atoms with Crippen LogP contribution >= 0.6 is 0 Å². The topological polar surface area (TPSA) is 53.4 Å². The molecule has 0 spiro atoms. The highest BCUT2D eigenvalue weighted by Crippen LogP contribution is 2.23. The molecule has 0 bridgehead atoms. The molecule has 0 N–H and O–H groups in total. The number of carbonyl (C=O) groups is 1. The van der Waals surface area contributed by atoms with Crippen LogP contribution in [0.2, 0.25) is 0 Å². The zero-order valence-electron chi connectivity index (χ0n) is 15.0. The predicted molar refractivity (Wildman–Crippen MR) is 100 cm³/mol. The van der Waals surface area contributed by atoms with Crippen molar-refractivity contribution in [2.75, 3.05) is 0 Å². The van der Waals surface area contributed by atoms with Crippen molar-refractivity contribution in [3.63, 3.8) is 0 Å². The van der Waals surface area contributed by atoms with Crippen LogP contribution in [0, 0.1) is 13.8 Å². The Morgan fingerprint density at radius 1 is 0.962 bits per heavy atom. The Balaban J connectivity index is 1.61. The van der Waals surface area contributed by atoms with Crippen molar-refractivity contribution in [3.05, 3.63) is 77.6 Å². The molecule has 3 rings (SSSR count). The lowest BCUT2D eigenvalue weighted by atomic mass is 10.2. The Morgan fingerprint density at radius 2 is 1.58 bits per heavy atom. The SMILES string of the molecule is Cc1nn(C)c(C)c1/C=C/C(=O)Oc1ccc(Oc2ccccc2)cc1. The summed E-state index contributed by atoms with van der Waals surface area (Å²) in [6, 6.07) is 16.4. The molecule has 0 saturated heterocycles. The minimum atomic E-state index is -0.440. The molecule has 0 radical (unpaired) electrons. The van der Waals surface area contributed by atoms with Gasteiger partial charge in [0, 0.05) is 24.4 Å². The van der Waals surface area contributed by atoms with E-state index in [1.54, 1.807) is 35.0 Å². The number of esters is 1. The predicted octanol–water partition coefficient (Wildman–Crippen LogP) is 4.45. The number of aryl methyl sites for hydroxylation is 2. The molecule has 0 fully saturated rings. The minimum Gasteiger partial charge on any atom is -0.457 e. The maximum atomic E-state index is 12.0. The fraction of sp³-hybridized carbons (Fsp3) is 0.143. The number of hydrogen-bond acceptors (Lipinski definition) is 4. The lowest BCUT2D eigenvalue weighted by Crippen LogP contribution is -2.03. The van der Waals surface area contributed by atoms with Gasteiger partial charge in [-0.15, -0.1) is 0 Å². The molecule has 0 saturated carbocycles. The summed E-state index contributed by atoms with van der Waals surface area (Å²) >= 11 is 0. The van der Waals surface area contributed by atoms with Crippen molar-refractivity contribution in [2.45, 2.75) is 13.8 Å². The van der Waals surface area contributed by atoms with Crippen LogP contribution in [0.25, 0.3) is 6.08 Å². The third-order valence-electron chi connectivity index (χ3n) is 3.97. The van der Waals surface area contributed by atoms with E-state index < -0.39 is 5.97 Å². The van der Waals surface area contributed by atoms with Gasteiger partial charge in [-0.2, -0.15) is 5.10 Å². The molecule has 1 heterocycles. The van der Waals surface area contributed by atoms with Gasteiger partial charge in [-0.25, -0.2) is 4.79 Å². The van der Waals surface area contributed by atoms with Gasteiger partial charge in [0.15, 0.2) is 0 Å². The molecule has 0 aliphatic heterocycles. The number of benzene rings is 2. The number of aromatic nitrogens is 2. The number of rotatable bonds is 5. The molecule has 0 atom stereocenters. The summed E-state index contributed by atoms with van der Waals surface area (Å²) in [5, 5.41) is 4.32. The fourth-order valence-corrected chi connectivity index (χ4v) is 2.53. The van der Waals surface area contributed by atoms with Crippen LogP contribution < -0.4 is 9.47 Å². The largest absolute Gasteiger partial charge is 0.457 e. The first-order valence-corrected chi connectivity index (χ1v) is 8.26. The van der Waals surface area contributed by atoms with E-state index in [1.807, 2.05) is 51.2 Å². The van der Waals surface area contributed by atoms with Crippen molar-refractivity contribution in [3.8, 4) is 17.2 Å². The van der Waals surface area contributed by atoms with Gasteiger partial charge in [0.1, 0.15) is 17.2 Å². The first-order chi connectivity index (χ1) is 12.5. The molecule has 2 aromatic carbocycles. The maximum absolute atomic E-state index is 12.0. The molecule has 1 aromatic heterocycles. The van der Waals surface area contributed by atoms with Crippen LogP contribution in [0.15, 0.2) is 60.7 Å². The zero-order chi connectivity index (χ0) is 18.5. The fourth-order valence-electron chi connectivity index (χ4n) is 2.53. The van der Waals surface area contributed by atoms with E-state index in [9.17, 15) is 4.79 Å². The Kier molecular flexibility index (Phi) is 5.17. The van der Waals surface area contributed by atoms with Gasteiger partial charge in [-0.05, 0) is 56.3 Å². The number of carbonyl (C=O) groups excluding carboxylic acids is 1. The van der Waals surface area contributed by atoms with Gasteiger partial charge in [0.05, 0.1) is 5.69 Å². The van der Waals surface area contributed by atoms with Gasteiger partial charge in [0.25, 0.3) is 0 Å². The van der Waals surface area contributed by atoms with Gasteiger partial charge in [0.2, 0.25) is 0 Å². The van der Waals surface area contributed by atoms with Crippen LogP contribution in [0.1, 0.15) is 17.0 Å². The Hall–Kier alpha value is -3.34. The standard InChI is InChI=1S/C21H20N2O3/c1-15-20(16(2)23(3)22-15)13-14-21(24)26-19-11-9-18(10-12-19)25-17-7-5-4-6-8-17/h4-14H,1-3H3/b14-13+. The summed E-state index contributed by atoms with van der Waals surface area (Å²) < 4.78 is 12.8. The van der Waals surface area contributed by atoms with E-state index in [2.05, 4.69) is 5.10 Å². The van der Waals surface area contributed by atoms with Gasteiger partial charge in [-0.3, -0.25) is 4.68 Å². The highest BCUT2D eigenvalue weighted by Gasteiger charge is 2.07. The second kappa shape index (κ2) is 7.70. The summed E-state index contributed by atoms with van der Waals surface area (Å²) in [6.07, 6.45) is 3.14. The van der Waals surface area contributed by atoms with E-state index in [-0.39, 0.29) is 0 Å². The maximum Gasteiger partial charge on any atom is 0.336 e. The van der Waals surface area contributed by atoms with Crippen LogP contribution in [0.5, 0.6) is 17.2 Å². The van der Waals surface area contributed by atoms with Crippen LogP contribution in [0.4, 0.5) is 0 Å². The molecule has 26 heavy (non-hydrogen) atoms. The summed E-state index contributed by atoms with van der Waals surface area (Å²) in [5.74, 6) is 1.44. The summed E-state index contributed by atoms with van der Waals surface area (Å²) in [4.78, 5) is 12.0. The van der Waals surface area contributed by atoms with Crippen LogP contribution in [-0.2, 0) is 11.8 Å². The molecular weight excluding hydrogens is 328 g/mol. The molecule has 3 aromatic rings. The summed E-state index contributed by atoms with van der Waals surface area (Å²) in [7, 11) is 1.87. The van der Waals surface area contributed by atoms with Crippen molar-refractivity contribution in [1.29, 1.82) is 0 Å². The Morgan fingerprint density at radius 3 is 2.19 bits per heavy atom. The van der Waals surface area contributed by atoms with Gasteiger partial charge < -0.3 is 9.47 Å². The van der Waals surface area contributed by atoms with E-state index in [0.717, 1.165) is 22.7 Å². The van der Waals surface area contributed by atoms with Crippen LogP contribution in [-0.4, -0.2) is 15.7 Å². The average Bonchev–Trinajstić information content (AvgIpc) is 2.88. The first kappa shape index (κ1) is 17.5. The quantitative estimate of drug-likeness (QED) is 0.388. The first-order valence-electron chi connectivity index (χ1n) is 8.26. The summed E-state index contributed by atoms with van der Waals surface area (Å²) in [6.45, 7) is 3.86. The molecule has 5 nitrogen and oxygen atoms in total. The highest BCUT2D eigenvalue weighted by molar-refractivity contribution is 5.89. The Labute approximate surface area is 152 Å². The molecular formula is C21H20N2O3. The molecule has 0 aliphatic carbocycles. The molecule has 0 unspecified atom stereocenters. The van der Waals surface area contributed by atoms with E-state index in [4.69, 9.17) is 9.47 Å². The number of para-hydroxylation sites is 1. The molecule has 0 aliphatic rings. The lowest BCUT2D eigenvalue weighted by Gasteiger charge is -2.06. The zero-order valence-corrected chi connectivity index (χ0v) is 15.0. The second-order valence-corrected chi connectivity index (χ2v) is 5.85. The number of ether oxygens (including phenoxy) is 2. The highest BCUT2D eigenvalue weighted by atomic mass is 16.5. The van der Waals surface area contributed by atoms with Crippen molar-refractivity contribution in [2.24, 2.45) is 7.05 Å². The minimum absolute atomic E-state index is 0.440. The Bertz CT molecular complexity index is 926. The summed E-state index contributed by atoms with van der Waals surface area (Å²) in [5.41, 5.74) is 2.79. The molecule has 0 amide bonds. The van der Waals surface area contributed by atoms with Gasteiger partial charge >= 0.3 is 5.97 Å². The lowest BCUT2D eigenvalue weighted by molar-refractivity contribution is -0.128.